The lowest BCUT2D eigenvalue weighted by atomic mass is 9.97. The molecule has 6 heteroatoms. The Bertz CT molecular complexity index is 1230. The molecule has 0 amide bonds. The standard InChI is InChI=1S/C28H18O6/c29-27(25-21-13-5-1-9-17(21)18-10-2-6-14-22(18)25)31-33-34-32-28(30)26-23-15-7-3-11-19(23)20-12-4-8-16-24(20)26/h1-16,25-26H. The minimum atomic E-state index is -0.676. The van der Waals surface area contributed by atoms with Gasteiger partial charge in [-0.15, -0.1) is 0 Å². The normalized spacial score (nSPS) is 13.5. The van der Waals surface area contributed by atoms with Crippen molar-refractivity contribution in [3.63, 3.8) is 0 Å². The lowest BCUT2D eigenvalue weighted by Gasteiger charge is -2.12. The Morgan fingerprint density at radius 2 is 0.706 bits per heavy atom. The number of benzene rings is 4. The van der Waals surface area contributed by atoms with Crippen LogP contribution in [0.3, 0.4) is 0 Å². The zero-order valence-electron chi connectivity index (χ0n) is 17.8. The maximum absolute atomic E-state index is 12.8. The van der Waals surface area contributed by atoms with Gasteiger partial charge in [-0.2, -0.15) is 0 Å². The second-order valence-corrected chi connectivity index (χ2v) is 8.16. The van der Waals surface area contributed by atoms with Crippen LogP contribution >= 0.6 is 0 Å². The summed E-state index contributed by atoms with van der Waals surface area (Å²) in [6, 6.07) is 30.4. The maximum Gasteiger partial charge on any atom is 0.357 e. The molecule has 34 heavy (non-hydrogen) atoms. The SMILES string of the molecule is O=C(OOOOC(=O)C1c2ccccc2-c2ccccc21)C1c2ccccc2-c2ccccc21. The summed E-state index contributed by atoms with van der Waals surface area (Å²) in [6.07, 6.45) is 0. The van der Waals surface area contributed by atoms with Crippen molar-refractivity contribution < 1.29 is 29.4 Å². The van der Waals surface area contributed by atoms with Gasteiger partial charge in [0.1, 0.15) is 11.8 Å². The molecule has 0 atom stereocenters. The molecule has 0 bridgehead atoms. The lowest BCUT2D eigenvalue weighted by Crippen LogP contribution is -2.19. The average molecular weight is 450 g/mol. The van der Waals surface area contributed by atoms with Crippen molar-refractivity contribution in [2.45, 2.75) is 11.8 Å². The Hall–Kier alpha value is -4.26. The fourth-order valence-electron chi connectivity index (χ4n) is 5.01. The zero-order chi connectivity index (χ0) is 23.1. The second-order valence-electron chi connectivity index (χ2n) is 8.16. The van der Waals surface area contributed by atoms with Crippen LogP contribution in [0.5, 0.6) is 0 Å². The molecule has 2 aliphatic carbocycles. The number of fused-ring (bicyclic) bond motifs is 6. The molecular weight excluding hydrogens is 432 g/mol. The van der Waals surface area contributed by atoms with Crippen molar-refractivity contribution >= 4 is 11.9 Å². The Balaban J connectivity index is 1.13. The highest BCUT2D eigenvalue weighted by atomic mass is 17.7. The van der Waals surface area contributed by atoms with E-state index >= 15 is 0 Å². The van der Waals surface area contributed by atoms with E-state index in [0.717, 1.165) is 44.5 Å². The van der Waals surface area contributed by atoms with E-state index in [9.17, 15) is 9.59 Å². The van der Waals surface area contributed by atoms with Gasteiger partial charge in [-0.25, -0.2) is 9.59 Å². The zero-order valence-corrected chi connectivity index (χ0v) is 17.8. The van der Waals surface area contributed by atoms with Crippen molar-refractivity contribution in [1.82, 2.24) is 0 Å². The molecule has 0 aliphatic heterocycles. The van der Waals surface area contributed by atoms with Gasteiger partial charge in [-0.1, -0.05) is 97.1 Å². The van der Waals surface area contributed by atoms with E-state index in [2.05, 4.69) is 10.1 Å². The highest BCUT2D eigenvalue weighted by molar-refractivity contribution is 5.94. The third kappa shape index (κ3) is 3.20. The van der Waals surface area contributed by atoms with Gasteiger partial charge in [0.2, 0.25) is 0 Å². The smallest absolute Gasteiger partial charge is 0.265 e. The van der Waals surface area contributed by atoms with Gasteiger partial charge in [0, 0.05) is 10.1 Å². The summed E-state index contributed by atoms with van der Waals surface area (Å²) >= 11 is 0. The molecule has 2 aliphatic rings. The van der Waals surface area contributed by atoms with Crippen LogP contribution in [0.25, 0.3) is 22.3 Å². The first-order valence-corrected chi connectivity index (χ1v) is 10.9. The second kappa shape index (κ2) is 8.26. The third-order valence-electron chi connectivity index (χ3n) is 6.40. The molecule has 0 heterocycles. The molecule has 0 N–H and O–H groups in total. The first kappa shape index (κ1) is 20.4. The summed E-state index contributed by atoms with van der Waals surface area (Å²) in [5.41, 5.74) is 7.11. The van der Waals surface area contributed by atoms with Crippen LogP contribution in [0.15, 0.2) is 97.1 Å². The topological polar surface area (TPSA) is 71.1 Å². The monoisotopic (exact) mass is 450 g/mol. The largest absolute Gasteiger partial charge is 0.357 e. The van der Waals surface area contributed by atoms with Gasteiger partial charge in [0.05, 0.1) is 0 Å². The van der Waals surface area contributed by atoms with Gasteiger partial charge in [-0.3, -0.25) is 9.78 Å². The quantitative estimate of drug-likeness (QED) is 0.228. The van der Waals surface area contributed by atoms with E-state index < -0.39 is 23.8 Å². The molecule has 0 saturated heterocycles. The highest BCUT2D eigenvalue weighted by Crippen LogP contribution is 2.46. The van der Waals surface area contributed by atoms with Gasteiger partial charge in [0.15, 0.2) is 0 Å². The van der Waals surface area contributed by atoms with Crippen LogP contribution in [0.1, 0.15) is 34.1 Å². The molecule has 0 aromatic heterocycles. The summed E-state index contributed by atoms with van der Waals surface area (Å²) in [4.78, 5) is 35.4. The summed E-state index contributed by atoms with van der Waals surface area (Å²) in [7, 11) is 0. The molecule has 0 radical (unpaired) electrons. The molecule has 6 nitrogen and oxygen atoms in total. The first-order chi connectivity index (χ1) is 16.7. The Morgan fingerprint density at radius 3 is 1.00 bits per heavy atom. The Labute approximate surface area is 195 Å². The molecule has 0 fully saturated rings. The fourth-order valence-corrected chi connectivity index (χ4v) is 5.01. The minimum Gasteiger partial charge on any atom is -0.265 e. The minimum absolute atomic E-state index is 0.666. The molecule has 4 aromatic rings. The van der Waals surface area contributed by atoms with Crippen molar-refractivity contribution in [2.75, 3.05) is 0 Å². The molecule has 0 unspecified atom stereocenters. The fraction of sp³-hybridized carbons (Fsp3) is 0.0714. The lowest BCUT2D eigenvalue weighted by molar-refractivity contribution is -0.600. The molecule has 166 valence electrons. The van der Waals surface area contributed by atoms with Crippen LogP contribution in [0.4, 0.5) is 0 Å². The van der Waals surface area contributed by atoms with Crippen LogP contribution in [0, 0.1) is 0 Å². The summed E-state index contributed by atoms with van der Waals surface area (Å²) in [5, 5.41) is 9.10. The number of rotatable bonds is 5. The molecule has 0 saturated carbocycles. The predicted octanol–water partition coefficient (Wildman–Crippen LogP) is 5.48. The first-order valence-electron chi connectivity index (χ1n) is 10.9. The van der Waals surface area contributed by atoms with Crippen molar-refractivity contribution in [3.05, 3.63) is 119 Å². The molecule has 4 aromatic carbocycles. The van der Waals surface area contributed by atoms with E-state index in [1.807, 2.05) is 97.1 Å². The van der Waals surface area contributed by atoms with Crippen LogP contribution in [0.2, 0.25) is 0 Å². The van der Waals surface area contributed by atoms with Crippen molar-refractivity contribution in [3.8, 4) is 22.3 Å². The Morgan fingerprint density at radius 1 is 0.441 bits per heavy atom. The summed E-state index contributed by atoms with van der Waals surface area (Å²) in [5.74, 6) is -2.68. The number of hydrogen-bond donors (Lipinski definition) is 0. The van der Waals surface area contributed by atoms with Crippen LogP contribution < -0.4 is 0 Å². The number of carbonyl (C=O) groups excluding carboxylic acids is 2. The average Bonchev–Trinajstić information content (AvgIpc) is 3.40. The predicted molar refractivity (Wildman–Crippen MR) is 122 cm³/mol. The molecule has 6 rings (SSSR count). The van der Waals surface area contributed by atoms with Gasteiger partial charge in [-0.05, 0) is 44.5 Å². The van der Waals surface area contributed by atoms with Crippen LogP contribution in [-0.4, -0.2) is 11.9 Å². The molecular formula is C28H18O6. The highest BCUT2D eigenvalue weighted by Gasteiger charge is 2.37. The van der Waals surface area contributed by atoms with E-state index in [0.29, 0.717) is 0 Å². The van der Waals surface area contributed by atoms with Gasteiger partial charge in [0.25, 0.3) is 0 Å². The molecule has 0 spiro atoms. The van der Waals surface area contributed by atoms with Gasteiger partial charge >= 0.3 is 11.9 Å². The number of hydrogen-bond acceptors (Lipinski definition) is 6. The van der Waals surface area contributed by atoms with Crippen LogP contribution in [-0.2, 0) is 29.4 Å². The maximum atomic E-state index is 12.8. The van der Waals surface area contributed by atoms with Crippen molar-refractivity contribution in [1.29, 1.82) is 0 Å². The van der Waals surface area contributed by atoms with E-state index in [4.69, 9.17) is 9.78 Å². The van der Waals surface area contributed by atoms with Crippen molar-refractivity contribution in [2.24, 2.45) is 0 Å². The van der Waals surface area contributed by atoms with E-state index in [-0.39, 0.29) is 0 Å². The Kier molecular flexibility index (Phi) is 4.95. The third-order valence-corrected chi connectivity index (χ3v) is 6.40. The van der Waals surface area contributed by atoms with E-state index in [1.165, 1.54) is 0 Å². The summed E-state index contributed by atoms with van der Waals surface area (Å²) < 4.78 is 0. The summed E-state index contributed by atoms with van der Waals surface area (Å²) in [6.45, 7) is 0. The number of carbonyl (C=O) groups is 2. The van der Waals surface area contributed by atoms with Gasteiger partial charge < -0.3 is 0 Å². The van der Waals surface area contributed by atoms with E-state index in [1.54, 1.807) is 0 Å².